The molecule has 7 nitrogen and oxygen atoms in total. The van der Waals surface area contributed by atoms with E-state index < -0.39 is 16.1 Å². The fourth-order valence-corrected chi connectivity index (χ4v) is 3.02. The van der Waals surface area contributed by atoms with Crippen LogP contribution in [-0.4, -0.2) is 46.4 Å². The Morgan fingerprint density at radius 1 is 1.10 bits per heavy atom. The summed E-state index contributed by atoms with van der Waals surface area (Å²) < 4.78 is 35.7. The second-order valence-electron chi connectivity index (χ2n) is 6.97. The molecule has 0 heterocycles. The van der Waals surface area contributed by atoms with Gasteiger partial charge in [-0.1, -0.05) is 18.2 Å². The molecule has 0 radical (unpaired) electrons. The molecule has 0 saturated heterocycles. The molecule has 0 aromatic heterocycles. The molecule has 1 amide bonds. The van der Waals surface area contributed by atoms with E-state index in [4.69, 9.17) is 9.47 Å². The minimum Gasteiger partial charge on any atom is -0.491 e. The van der Waals surface area contributed by atoms with Crippen molar-refractivity contribution in [1.29, 1.82) is 0 Å². The topological polar surface area (TPSA) is 84.9 Å². The van der Waals surface area contributed by atoms with E-state index in [0.29, 0.717) is 18.0 Å². The predicted octanol–water partition coefficient (Wildman–Crippen LogP) is 2.74. The summed E-state index contributed by atoms with van der Waals surface area (Å²) in [5, 5.41) is 2.86. The molecule has 158 valence electrons. The summed E-state index contributed by atoms with van der Waals surface area (Å²) in [6.07, 6.45) is 0.419. The molecule has 0 fully saturated rings. The van der Waals surface area contributed by atoms with E-state index >= 15 is 0 Å². The third-order valence-corrected chi connectivity index (χ3v) is 5.56. The second-order valence-corrected chi connectivity index (χ2v) is 8.98. The molecule has 2 aromatic carbocycles. The number of benzene rings is 2. The molecule has 0 spiro atoms. The number of para-hydroxylation sites is 1. The van der Waals surface area contributed by atoms with Crippen molar-refractivity contribution in [3.05, 3.63) is 54.1 Å². The number of anilines is 1. The average Bonchev–Trinajstić information content (AvgIpc) is 2.66. The van der Waals surface area contributed by atoms with Crippen LogP contribution in [0, 0.1) is 6.92 Å². The molecule has 0 bridgehead atoms. The summed E-state index contributed by atoms with van der Waals surface area (Å²) in [6, 6.07) is 14.0. The maximum atomic E-state index is 12.4. The SMILES string of the molecule is Cc1ccccc1OC[C@@H](C)NC(=O)[C@H](C)Oc1ccc(N(C)S(C)(=O)=O)cc1. The lowest BCUT2D eigenvalue weighted by molar-refractivity contribution is -0.128. The fraction of sp³-hybridized carbons (Fsp3) is 0.381. The minimum absolute atomic E-state index is 0.195. The van der Waals surface area contributed by atoms with Crippen LogP contribution in [0.3, 0.4) is 0 Å². The smallest absolute Gasteiger partial charge is 0.261 e. The lowest BCUT2D eigenvalue weighted by Gasteiger charge is -2.20. The number of amides is 1. The van der Waals surface area contributed by atoms with E-state index in [1.807, 2.05) is 38.1 Å². The molecule has 0 unspecified atom stereocenters. The number of nitrogens with one attached hydrogen (secondary N) is 1. The molecule has 2 rings (SSSR count). The highest BCUT2D eigenvalue weighted by molar-refractivity contribution is 7.92. The van der Waals surface area contributed by atoms with E-state index in [0.717, 1.165) is 17.6 Å². The normalized spacial score (nSPS) is 13.3. The van der Waals surface area contributed by atoms with Gasteiger partial charge in [0.25, 0.3) is 5.91 Å². The lowest BCUT2D eigenvalue weighted by atomic mass is 10.2. The van der Waals surface area contributed by atoms with Crippen molar-refractivity contribution in [2.24, 2.45) is 0 Å². The standard InChI is InChI=1S/C21H28N2O5S/c1-15-8-6-7-9-20(15)27-14-16(2)22-21(24)17(3)28-19-12-10-18(11-13-19)23(4)29(5,25)26/h6-13,16-17H,14H2,1-5H3,(H,22,24)/t16-,17+/m1/s1. The Kier molecular flexibility index (Phi) is 7.50. The van der Waals surface area contributed by atoms with Crippen LogP contribution in [0.25, 0.3) is 0 Å². The van der Waals surface area contributed by atoms with Crippen LogP contribution in [-0.2, 0) is 14.8 Å². The summed E-state index contributed by atoms with van der Waals surface area (Å²) in [4.78, 5) is 12.4. The zero-order valence-electron chi connectivity index (χ0n) is 17.4. The third kappa shape index (κ3) is 6.67. The number of aryl methyl sites for hydroxylation is 1. The molecule has 0 saturated carbocycles. The largest absolute Gasteiger partial charge is 0.491 e. The highest BCUT2D eigenvalue weighted by Crippen LogP contribution is 2.21. The first kappa shape index (κ1) is 22.5. The summed E-state index contributed by atoms with van der Waals surface area (Å²) >= 11 is 0. The first-order valence-electron chi connectivity index (χ1n) is 9.27. The Morgan fingerprint density at radius 3 is 2.31 bits per heavy atom. The summed E-state index contributed by atoms with van der Waals surface area (Å²) in [7, 11) is -1.86. The molecule has 0 aliphatic rings. The van der Waals surface area contributed by atoms with Gasteiger partial charge < -0.3 is 14.8 Å². The zero-order valence-corrected chi connectivity index (χ0v) is 18.2. The van der Waals surface area contributed by atoms with E-state index in [1.54, 1.807) is 31.2 Å². The third-order valence-electron chi connectivity index (χ3n) is 4.35. The molecule has 2 atom stereocenters. The van der Waals surface area contributed by atoms with Crippen molar-refractivity contribution in [2.75, 3.05) is 24.2 Å². The van der Waals surface area contributed by atoms with Crippen LogP contribution in [0.1, 0.15) is 19.4 Å². The van der Waals surface area contributed by atoms with Crippen LogP contribution in [0.15, 0.2) is 48.5 Å². The zero-order chi connectivity index (χ0) is 21.6. The maximum absolute atomic E-state index is 12.4. The van der Waals surface area contributed by atoms with Crippen molar-refractivity contribution >= 4 is 21.6 Å². The molecule has 0 aliphatic heterocycles. The first-order valence-corrected chi connectivity index (χ1v) is 11.1. The monoisotopic (exact) mass is 420 g/mol. The quantitative estimate of drug-likeness (QED) is 0.674. The van der Waals surface area contributed by atoms with Crippen molar-refractivity contribution in [1.82, 2.24) is 5.32 Å². The maximum Gasteiger partial charge on any atom is 0.261 e. The van der Waals surface area contributed by atoms with Gasteiger partial charge in [0.2, 0.25) is 10.0 Å². The molecule has 8 heteroatoms. The predicted molar refractivity (Wildman–Crippen MR) is 114 cm³/mol. The Morgan fingerprint density at radius 2 is 1.72 bits per heavy atom. The fourth-order valence-electron chi connectivity index (χ4n) is 2.52. The lowest BCUT2D eigenvalue weighted by Crippen LogP contribution is -2.43. The number of carbonyl (C=O) groups excluding carboxylic acids is 1. The van der Waals surface area contributed by atoms with Gasteiger partial charge in [0.1, 0.15) is 18.1 Å². The highest BCUT2D eigenvalue weighted by atomic mass is 32.2. The van der Waals surface area contributed by atoms with Crippen LogP contribution < -0.4 is 19.1 Å². The average molecular weight is 421 g/mol. The molecule has 29 heavy (non-hydrogen) atoms. The van der Waals surface area contributed by atoms with Gasteiger partial charge in [-0.05, 0) is 56.7 Å². The van der Waals surface area contributed by atoms with Crippen LogP contribution in [0.5, 0.6) is 11.5 Å². The van der Waals surface area contributed by atoms with Gasteiger partial charge in [0, 0.05) is 7.05 Å². The Bertz CT molecular complexity index is 928. The van der Waals surface area contributed by atoms with Gasteiger partial charge in [-0.3, -0.25) is 9.10 Å². The van der Waals surface area contributed by atoms with E-state index in [9.17, 15) is 13.2 Å². The van der Waals surface area contributed by atoms with Crippen LogP contribution >= 0.6 is 0 Å². The Balaban J connectivity index is 1.86. The van der Waals surface area contributed by atoms with Gasteiger partial charge in [-0.15, -0.1) is 0 Å². The van der Waals surface area contributed by atoms with Crippen molar-refractivity contribution in [2.45, 2.75) is 32.9 Å². The van der Waals surface area contributed by atoms with E-state index in [2.05, 4.69) is 5.32 Å². The second kappa shape index (κ2) is 9.65. The van der Waals surface area contributed by atoms with Gasteiger partial charge >= 0.3 is 0 Å². The number of hydrogen-bond acceptors (Lipinski definition) is 5. The van der Waals surface area contributed by atoms with Gasteiger partial charge in [-0.2, -0.15) is 0 Å². The minimum atomic E-state index is -3.33. The number of nitrogens with zero attached hydrogens (tertiary/aromatic N) is 1. The Labute approximate surface area is 172 Å². The van der Waals surface area contributed by atoms with E-state index in [1.165, 1.54) is 11.4 Å². The molecule has 0 aliphatic carbocycles. The van der Waals surface area contributed by atoms with Crippen molar-refractivity contribution < 1.29 is 22.7 Å². The van der Waals surface area contributed by atoms with Crippen LogP contribution in [0.2, 0.25) is 0 Å². The van der Waals surface area contributed by atoms with Gasteiger partial charge in [-0.25, -0.2) is 8.42 Å². The number of rotatable bonds is 9. The van der Waals surface area contributed by atoms with E-state index in [-0.39, 0.29) is 11.9 Å². The summed E-state index contributed by atoms with van der Waals surface area (Å²) in [5.41, 5.74) is 1.55. The van der Waals surface area contributed by atoms with Crippen molar-refractivity contribution in [3.8, 4) is 11.5 Å². The van der Waals surface area contributed by atoms with Gasteiger partial charge in [0.15, 0.2) is 6.10 Å². The number of hydrogen-bond donors (Lipinski definition) is 1. The van der Waals surface area contributed by atoms with Gasteiger partial charge in [0.05, 0.1) is 18.0 Å². The molecular weight excluding hydrogens is 392 g/mol. The summed E-state index contributed by atoms with van der Waals surface area (Å²) in [5.74, 6) is 1.00. The Hall–Kier alpha value is -2.74. The number of carbonyl (C=O) groups is 1. The highest BCUT2D eigenvalue weighted by Gasteiger charge is 2.18. The van der Waals surface area contributed by atoms with Crippen molar-refractivity contribution in [3.63, 3.8) is 0 Å². The molecular formula is C21H28N2O5S. The molecule has 2 aromatic rings. The van der Waals surface area contributed by atoms with Crippen LogP contribution in [0.4, 0.5) is 5.69 Å². The first-order chi connectivity index (χ1) is 13.6. The number of ether oxygens (including phenoxy) is 2. The number of sulfonamides is 1. The molecule has 1 N–H and O–H groups in total. The summed E-state index contributed by atoms with van der Waals surface area (Å²) in [6.45, 7) is 5.82.